The molecule has 176 valence electrons. The predicted octanol–water partition coefficient (Wildman–Crippen LogP) is 9.22. The topological polar surface area (TPSA) is 9.23 Å². The fourth-order valence-corrected chi connectivity index (χ4v) is 6.11. The zero-order valence-electron chi connectivity index (χ0n) is 21.1. The molecule has 6 aromatic carbocycles. The molecule has 6 rings (SSSR count). The third-order valence-corrected chi connectivity index (χ3v) is 7.80. The molecule has 0 aliphatic rings. The average molecular weight is 467 g/mol. The van der Waals surface area contributed by atoms with E-state index < -0.39 is 0 Å². The van der Waals surface area contributed by atoms with E-state index in [1.165, 1.54) is 48.8 Å². The lowest BCUT2D eigenvalue weighted by Gasteiger charge is -2.31. The van der Waals surface area contributed by atoms with Crippen LogP contribution in [0.4, 0.5) is 0 Å². The second kappa shape index (κ2) is 8.58. The van der Waals surface area contributed by atoms with E-state index in [-0.39, 0.29) is 12.0 Å². The van der Waals surface area contributed by atoms with Crippen molar-refractivity contribution < 1.29 is 4.74 Å². The predicted molar refractivity (Wildman–Crippen MR) is 154 cm³/mol. The Bertz CT molecular complexity index is 1770. The van der Waals surface area contributed by atoms with Gasteiger partial charge in [-0.1, -0.05) is 99.5 Å². The van der Waals surface area contributed by atoms with E-state index in [4.69, 9.17) is 11.2 Å². The molecule has 0 radical (unpaired) electrons. The van der Waals surface area contributed by atoms with E-state index in [0.29, 0.717) is 5.92 Å². The molecule has 0 saturated carbocycles. The Hall–Kier alpha value is -4.02. The van der Waals surface area contributed by atoms with E-state index in [1.807, 2.05) is 0 Å². The molecular formula is C35H30O. The van der Waals surface area contributed by atoms with Crippen molar-refractivity contribution in [2.24, 2.45) is 0 Å². The Kier molecular flexibility index (Phi) is 5.35. The monoisotopic (exact) mass is 466 g/mol. The molecule has 0 spiro atoms. The van der Waals surface area contributed by atoms with Crippen LogP contribution in [0.25, 0.3) is 43.1 Å². The minimum atomic E-state index is -0.0160. The normalized spacial score (nSPS) is 12.9. The van der Waals surface area contributed by atoms with Gasteiger partial charge in [0.2, 0.25) is 0 Å². The molecule has 1 atom stereocenters. The number of rotatable bonds is 6. The first kappa shape index (κ1) is 22.4. The number of hydrogen-bond donors (Lipinski definition) is 0. The lowest BCUT2D eigenvalue weighted by molar-refractivity contribution is 0.375. The number of terminal acetylenes is 1. The summed E-state index contributed by atoms with van der Waals surface area (Å²) in [5, 5.41) is 10.2. The molecule has 0 saturated heterocycles. The maximum absolute atomic E-state index is 5.91. The van der Waals surface area contributed by atoms with Gasteiger partial charge in [0, 0.05) is 10.8 Å². The maximum atomic E-state index is 5.91. The highest BCUT2D eigenvalue weighted by atomic mass is 16.5. The van der Waals surface area contributed by atoms with Crippen LogP contribution in [0, 0.1) is 12.3 Å². The molecule has 0 aromatic heterocycles. The van der Waals surface area contributed by atoms with Gasteiger partial charge in [-0.05, 0) is 79.4 Å². The minimum absolute atomic E-state index is 0.0160. The largest absolute Gasteiger partial charge is 0.480 e. The summed E-state index contributed by atoms with van der Waals surface area (Å²) in [6.45, 7) is 7.42. The highest BCUT2D eigenvalue weighted by Crippen LogP contribution is 2.45. The van der Waals surface area contributed by atoms with Gasteiger partial charge < -0.3 is 4.74 Å². The molecule has 0 amide bonds. The molecule has 36 heavy (non-hydrogen) atoms. The lowest BCUT2D eigenvalue weighted by atomic mass is 9.73. The Morgan fingerprint density at radius 3 is 2.31 bits per heavy atom. The molecule has 1 unspecified atom stereocenters. The fourth-order valence-electron chi connectivity index (χ4n) is 6.11. The SMILES string of the molecule is C#CCOc1ccc2cc(C(C)(C)CC(C)c3ccc4ccccc4c3)c3cccc4ccc1c2c43. The van der Waals surface area contributed by atoms with Crippen molar-refractivity contribution in [2.45, 2.75) is 38.5 Å². The second-order valence-electron chi connectivity index (χ2n) is 10.7. The number of hydrogen-bond acceptors (Lipinski definition) is 1. The first-order chi connectivity index (χ1) is 17.5. The van der Waals surface area contributed by atoms with Crippen molar-refractivity contribution in [1.82, 2.24) is 0 Å². The van der Waals surface area contributed by atoms with Crippen LogP contribution >= 0.6 is 0 Å². The van der Waals surface area contributed by atoms with Crippen LogP contribution in [0.1, 0.15) is 44.2 Å². The van der Waals surface area contributed by atoms with Crippen LogP contribution in [-0.2, 0) is 5.41 Å². The zero-order chi connectivity index (χ0) is 24.9. The van der Waals surface area contributed by atoms with Crippen molar-refractivity contribution in [1.29, 1.82) is 0 Å². The van der Waals surface area contributed by atoms with Crippen LogP contribution in [0.2, 0.25) is 0 Å². The molecule has 0 aliphatic carbocycles. The molecular weight excluding hydrogens is 436 g/mol. The summed E-state index contributed by atoms with van der Waals surface area (Å²) < 4.78 is 5.91. The molecule has 0 heterocycles. The molecule has 0 fully saturated rings. The fraction of sp³-hybridized carbons (Fsp3) is 0.200. The van der Waals surface area contributed by atoms with Crippen LogP contribution in [-0.4, -0.2) is 6.61 Å². The van der Waals surface area contributed by atoms with Gasteiger partial charge in [-0.3, -0.25) is 0 Å². The molecule has 0 bridgehead atoms. The van der Waals surface area contributed by atoms with Gasteiger partial charge in [0.25, 0.3) is 0 Å². The molecule has 1 heteroatoms. The summed E-state index contributed by atoms with van der Waals surface area (Å²) >= 11 is 0. The number of benzene rings is 6. The van der Waals surface area contributed by atoms with E-state index >= 15 is 0 Å². The lowest BCUT2D eigenvalue weighted by Crippen LogP contribution is -2.20. The zero-order valence-corrected chi connectivity index (χ0v) is 21.1. The smallest absolute Gasteiger partial charge is 0.148 e. The van der Waals surface area contributed by atoms with E-state index in [0.717, 1.165) is 17.6 Å². The van der Waals surface area contributed by atoms with Crippen molar-refractivity contribution in [3.8, 4) is 18.1 Å². The van der Waals surface area contributed by atoms with Gasteiger partial charge in [-0.25, -0.2) is 0 Å². The summed E-state index contributed by atoms with van der Waals surface area (Å²) in [5.74, 6) is 3.88. The van der Waals surface area contributed by atoms with E-state index in [2.05, 4.69) is 118 Å². The molecule has 0 N–H and O–H groups in total. The van der Waals surface area contributed by atoms with Crippen LogP contribution in [0.5, 0.6) is 5.75 Å². The van der Waals surface area contributed by atoms with Gasteiger partial charge in [-0.2, -0.15) is 0 Å². The summed E-state index contributed by atoms with van der Waals surface area (Å²) in [6.07, 6.45) is 6.52. The highest BCUT2D eigenvalue weighted by Gasteiger charge is 2.28. The Labute approximate surface area is 213 Å². The highest BCUT2D eigenvalue weighted by molar-refractivity contribution is 6.25. The Morgan fingerprint density at radius 2 is 1.47 bits per heavy atom. The van der Waals surface area contributed by atoms with Gasteiger partial charge in [0.1, 0.15) is 12.4 Å². The summed E-state index contributed by atoms with van der Waals surface area (Å²) in [5.41, 5.74) is 2.78. The van der Waals surface area contributed by atoms with Crippen molar-refractivity contribution in [2.75, 3.05) is 6.61 Å². The quantitative estimate of drug-likeness (QED) is 0.176. The third-order valence-electron chi connectivity index (χ3n) is 7.80. The summed E-state index contributed by atoms with van der Waals surface area (Å²) in [6, 6.07) is 33.2. The number of ether oxygens (including phenoxy) is 1. The first-order valence-electron chi connectivity index (χ1n) is 12.7. The number of fused-ring (bicyclic) bond motifs is 1. The molecule has 6 aromatic rings. The Morgan fingerprint density at radius 1 is 0.750 bits per heavy atom. The van der Waals surface area contributed by atoms with Gasteiger partial charge in [0.05, 0.1) is 0 Å². The van der Waals surface area contributed by atoms with Crippen LogP contribution in [0.3, 0.4) is 0 Å². The van der Waals surface area contributed by atoms with Gasteiger partial charge in [-0.15, -0.1) is 6.42 Å². The summed E-state index contributed by atoms with van der Waals surface area (Å²) in [4.78, 5) is 0. The molecule has 1 nitrogen and oxygen atoms in total. The maximum Gasteiger partial charge on any atom is 0.148 e. The van der Waals surface area contributed by atoms with E-state index in [9.17, 15) is 0 Å². The van der Waals surface area contributed by atoms with Gasteiger partial charge in [0.15, 0.2) is 0 Å². The Balaban J connectivity index is 1.47. The van der Waals surface area contributed by atoms with E-state index in [1.54, 1.807) is 0 Å². The van der Waals surface area contributed by atoms with Gasteiger partial charge >= 0.3 is 0 Å². The average Bonchev–Trinajstić information content (AvgIpc) is 2.90. The second-order valence-corrected chi connectivity index (χ2v) is 10.7. The minimum Gasteiger partial charge on any atom is -0.480 e. The van der Waals surface area contributed by atoms with Crippen molar-refractivity contribution >= 4 is 43.1 Å². The molecule has 0 aliphatic heterocycles. The van der Waals surface area contributed by atoms with Crippen LogP contribution < -0.4 is 4.74 Å². The first-order valence-corrected chi connectivity index (χ1v) is 12.7. The van der Waals surface area contributed by atoms with Crippen LogP contribution in [0.15, 0.2) is 91.0 Å². The standard InChI is InChI=1S/C35H30O/c1-5-19-36-32-18-16-28-21-31(29-12-8-11-25-15-17-30(32)34(28)33(25)29)35(3,4)22-23(2)26-14-13-24-9-6-7-10-27(24)20-26/h1,6-18,20-21,23H,19,22H2,2-4H3. The van der Waals surface area contributed by atoms with Crippen molar-refractivity contribution in [3.05, 3.63) is 102 Å². The van der Waals surface area contributed by atoms with Crippen molar-refractivity contribution in [3.63, 3.8) is 0 Å². The summed E-state index contributed by atoms with van der Waals surface area (Å²) in [7, 11) is 0. The third kappa shape index (κ3) is 3.66.